The van der Waals surface area contributed by atoms with Crippen molar-refractivity contribution in [3.8, 4) is 28.7 Å². The third kappa shape index (κ3) is 7.13. The maximum Gasteiger partial charge on any atom is 0.415 e. The maximum atomic E-state index is 12.7. The molecule has 0 spiro atoms. The molecule has 0 aliphatic rings. The first-order valence-electron chi connectivity index (χ1n) is 12.4. The summed E-state index contributed by atoms with van der Waals surface area (Å²) in [6.07, 6.45) is 1.17. The quantitative estimate of drug-likeness (QED) is 0.214. The van der Waals surface area contributed by atoms with Crippen LogP contribution in [0.5, 0.6) is 17.2 Å². The number of aryl methyl sites for hydroxylation is 2. The molecule has 0 saturated heterocycles. The lowest BCUT2D eigenvalue weighted by Gasteiger charge is -2.20. The van der Waals surface area contributed by atoms with E-state index in [1.165, 1.54) is 0 Å². The molecule has 0 radical (unpaired) electrons. The number of carbonyl (C=O) groups is 1. The van der Waals surface area contributed by atoms with Crippen molar-refractivity contribution in [1.29, 1.82) is 0 Å². The van der Waals surface area contributed by atoms with E-state index in [1.54, 1.807) is 36.3 Å². The molecule has 0 aliphatic carbocycles. The third-order valence-corrected chi connectivity index (χ3v) is 5.92. The van der Waals surface area contributed by atoms with Crippen LogP contribution in [-0.2, 0) is 13.0 Å². The summed E-state index contributed by atoms with van der Waals surface area (Å²) in [7, 11) is 1.59. The van der Waals surface area contributed by atoms with E-state index in [0.717, 1.165) is 41.2 Å². The van der Waals surface area contributed by atoms with E-state index >= 15 is 0 Å². The Morgan fingerprint density at radius 1 is 0.946 bits per heavy atom. The molecule has 4 rings (SSSR count). The second-order valence-corrected chi connectivity index (χ2v) is 8.55. The largest absolute Gasteiger partial charge is 0.497 e. The minimum Gasteiger partial charge on any atom is -0.497 e. The van der Waals surface area contributed by atoms with Crippen LogP contribution in [0, 0.1) is 6.92 Å². The van der Waals surface area contributed by atoms with Crippen LogP contribution in [0.2, 0.25) is 0 Å². The van der Waals surface area contributed by atoms with Gasteiger partial charge in [0.1, 0.15) is 23.0 Å². The number of aromatic nitrogens is 1. The Labute approximate surface area is 217 Å². The SMILES string of the molecule is CCN(Cc1cccc(OCCCc2nc(-c3ccccc3)oc2C)c1)C(=O)Oc1ccc(OC)cc1. The van der Waals surface area contributed by atoms with Gasteiger partial charge in [-0.3, -0.25) is 0 Å². The molecule has 7 nitrogen and oxygen atoms in total. The average Bonchev–Trinajstić information content (AvgIpc) is 3.31. The summed E-state index contributed by atoms with van der Waals surface area (Å²) in [5, 5.41) is 0. The second kappa shape index (κ2) is 12.6. The Balaban J connectivity index is 1.27. The minimum absolute atomic E-state index is 0.406. The Bertz CT molecular complexity index is 1290. The number of benzene rings is 3. The molecule has 1 aromatic heterocycles. The number of hydrogen-bond donors (Lipinski definition) is 0. The molecule has 1 amide bonds. The van der Waals surface area contributed by atoms with E-state index in [-0.39, 0.29) is 0 Å². The lowest BCUT2D eigenvalue weighted by molar-refractivity contribution is 0.152. The summed E-state index contributed by atoms with van der Waals surface area (Å²) in [4.78, 5) is 19.0. The van der Waals surface area contributed by atoms with Crippen LogP contribution in [0.15, 0.2) is 83.3 Å². The van der Waals surface area contributed by atoms with Gasteiger partial charge in [-0.2, -0.15) is 0 Å². The van der Waals surface area contributed by atoms with Crippen LogP contribution in [0.4, 0.5) is 4.79 Å². The molecule has 192 valence electrons. The summed E-state index contributed by atoms with van der Waals surface area (Å²) in [6, 6.07) is 24.6. The van der Waals surface area contributed by atoms with Crippen LogP contribution in [0.1, 0.15) is 30.4 Å². The van der Waals surface area contributed by atoms with Crippen LogP contribution >= 0.6 is 0 Å². The van der Waals surface area contributed by atoms with E-state index in [0.29, 0.717) is 37.1 Å². The number of carbonyl (C=O) groups excluding carboxylic acids is 1. The molecule has 0 N–H and O–H groups in total. The molecular formula is C30H32N2O5. The van der Waals surface area contributed by atoms with Crippen molar-refractivity contribution in [3.63, 3.8) is 0 Å². The first kappa shape index (κ1) is 25.8. The highest BCUT2D eigenvalue weighted by Gasteiger charge is 2.15. The summed E-state index contributed by atoms with van der Waals surface area (Å²) in [6.45, 7) is 5.35. The molecule has 7 heteroatoms. The fourth-order valence-corrected chi connectivity index (χ4v) is 3.86. The topological polar surface area (TPSA) is 74.0 Å². The van der Waals surface area contributed by atoms with Crippen molar-refractivity contribution >= 4 is 6.09 Å². The van der Waals surface area contributed by atoms with Gasteiger partial charge in [0.05, 0.1) is 19.4 Å². The number of nitrogens with zero attached hydrogens (tertiary/aromatic N) is 2. The summed E-state index contributed by atoms with van der Waals surface area (Å²) in [5.41, 5.74) is 2.88. The van der Waals surface area contributed by atoms with E-state index in [2.05, 4.69) is 4.98 Å². The highest BCUT2D eigenvalue weighted by atomic mass is 16.6. The summed E-state index contributed by atoms with van der Waals surface area (Å²) < 4.78 is 22.5. The Hall–Kier alpha value is -4.26. The van der Waals surface area contributed by atoms with Gasteiger partial charge in [-0.05, 0) is 80.8 Å². The molecule has 0 atom stereocenters. The molecule has 0 saturated carbocycles. The number of hydrogen-bond acceptors (Lipinski definition) is 6. The minimum atomic E-state index is -0.406. The number of rotatable bonds is 11. The number of amides is 1. The summed E-state index contributed by atoms with van der Waals surface area (Å²) in [5.74, 6) is 3.42. The molecule has 0 aliphatic heterocycles. The molecule has 3 aromatic carbocycles. The van der Waals surface area contributed by atoms with Gasteiger partial charge >= 0.3 is 6.09 Å². The predicted molar refractivity (Wildman–Crippen MR) is 142 cm³/mol. The zero-order chi connectivity index (χ0) is 26.0. The standard InChI is InChI=1S/C30H32N2O5/c1-4-32(30(33)37-26-17-15-25(34-3)16-18-26)21-23-10-8-13-27(20-23)35-19-9-14-28-22(2)36-29(31-28)24-11-6-5-7-12-24/h5-8,10-13,15-18,20H,4,9,14,19,21H2,1-3H3. The Morgan fingerprint density at radius 3 is 2.43 bits per heavy atom. The summed E-state index contributed by atoms with van der Waals surface area (Å²) >= 11 is 0. The number of methoxy groups -OCH3 is 1. The van der Waals surface area contributed by atoms with Gasteiger partial charge in [-0.1, -0.05) is 30.3 Å². The lowest BCUT2D eigenvalue weighted by Crippen LogP contribution is -2.32. The van der Waals surface area contributed by atoms with Crippen molar-refractivity contribution in [3.05, 3.63) is 95.9 Å². The number of ether oxygens (including phenoxy) is 3. The molecular weight excluding hydrogens is 468 g/mol. The monoisotopic (exact) mass is 500 g/mol. The van der Waals surface area contributed by atoms with Crippen LogP contribution < -0.4 is 14.2 Å². The molecule has 0 bridgehead atoms. The van der Waals surface area contributed by atoms with Gasteiger partial charge in [-0.25, -0.2) is 9.78 Å². The number of oxazole rings is 1. The lowest BCUT2D eigenvalue weighted by atomic mass is 10.2. The van der Waals surface area contributed by atoms with E-state index in [4.69, 9.17) is 18.6 Å². The molecule has 0 unspecified atom stereocenters. The van der Waals surface area contributed by atoms with Crippen LogP contribution in [0.25, 0.3) is 11.5 Å². The van der Waals surface area contributed by atoms with Gasteiger partial charge in [0.2, 0.25) is 5.89 Å². The second-order valence-electron chi connectivity index (χ2n) is 8.55. The highest BCUT2D eigenvalue weighted by Crippen LogP contribution is 2.23. The van der Waals surface area contributed by atoms with Gasteiger partial charge in [0, 0.05) is 18.7 Å². The van der Waals surface area contributed by atoms with Crippen molar-refractivity contribution < 1.29 is 23.4 Å². The Kier molecular flexibility index (Phi) is 8.81. The molecule has 4 aromatic rings. The fourth-order valence-electron chi connectivity index (χ4n) is 3.86. The highest BCUT2D eigenvalue weighted by molar-refractivity contribution is 5.70. The van der Waals surface area contributed by atoms with Gasteiger partial charge in [0.25, 0.3) is 0 Å². The van der Waals surface area contributed by atoms with Crippen LogP contribution in [-0.4, -0.2) is 36.2 Å². The average molecular weight is 501 g/mol. The first-order chi connectivity index (χ1) is 18.1. The van der Waals surface area contributed by atoms with Gasteiger partial charge in [0.15, 0.2) is 0 Å². The predicted octanol–water partition coefficient (Wildman–Crippen LogP) is 6.69. The first-order valence-corrected chi connectivity index (χ1v) is 12.4. The van der Waals surface area contributed by atoms with E-state index < -0.39 is 6.09 Å². The van der Waals surface area contributed by atoms with Crippen LogP contribution in [0.3, 0.4) is 0 Å². The maximum absolute atomic E-state index is 12.7. The van der Waals surface area contributed by atoms with Crippen molar-refractivity contribution in [1.82, 2.24) is 9.88 Å². The van der Waals surface area contributed by atoms with Crippen molar-refractivity contribution in [2.24, 2.45) is 0 Å². The Morgan fingerprint density at radius 2 is 1.70 bits per heavy atom. The van der Waals surface area contributed by atoms with E-state index in [9.17, 15) is 4.79 Å². The van der Waals surface area contributed by atoms with Gasteiger partial charge in [-0.15, -0.1) is 0 Å². The smallest absolute Gasteiger partial charge is 0.415 e. The fraction of sp³-hybridized carbons (Fsp3) is 0.267. The zero-order valence-electron chi connectivity index (χ0n) is 21.5. The van der Waals surface area contributed by atoms with E-state index in [1.807, 2.05) is 68.4 Å². The molecule has 1 heterocycles. The zero-order valence-corrected chi connectivity index (χ0v) is 21.5. The third-order valence-electron chi connectivity index (χ3n) is 5.92. The van der Waals surface area contributed by atoms with Gasteiger partial charge < -0.3 is 23.5 Å². The normalized spacial score (nSPS) is 10.7. The molecule has 37 heavy (non-hydrogen) atoms. The molecule has 0 fully saturated rings. The van der Waals surface area contributed by atoms with Crippen molar-refractivity contribution in [2.45, 2.75) is 33.2 Å². The van der Waals surface area contributed by atoms with Crippen molar-refractivity contribution in [2.75, 3.05) is 20.3 Å².